The summed E-state index contributed by atoms with van der Waals surface area (Å²) in [6, 6.07) is 12.4. The summed E-state index contributed by atoms with van der Waals surface area (Å²) in [6.45, 7) is 6.94. The molecule has 0 amide bonds. The molecule has 0 saturated carbocycles. The Morgan fingerprint density at radius 1 is 1.10 bits per heavy atom. The molecule has 1 aliphatic rings. The first-order valence-corrected chi connectivity index (χ1v) is 7.55. The molecular weight excluding hydrogens is 260 g/mol. The predicted molar refractivity (Wildman–Crippen MR) is 84.9 cm³/mol. The number of hydrogen-bond donors (Lipinski definition) is 1. The Balaban J connectivity index is 2.03. The Morgan fingerprint density at radius 2 is 1.76 bits per heavy atom. The summed E-state index contributed by atoms with van der Waals surface area (Å²) in [5.41, 5.74) is 5.78. The number of hydrogen-bond acceptors (Lipinski definition) is 2. The maximum absolute atomic E-state index is 11.0. The van der Waals surface area contributed by atoms with Crippen molar-refractivity contribution < 1.29 is 9.84 Å². The standard InChI is InChI=1S/C19H22O2/c1-12-10-13(2)18(14(3)11-12)19(20)16-8-9-21-17-7-5-4-6-15(16)17/h4-7,10-11,16,19-20H,8-9H2,1-3H3. The molecule has 2 aromatic rings. The van der Waals surface area contributed by atoms with Crippen molar-refractivity contribution in [2.24, 2.45) is 0 Å². The third kappa shape index (κ3) is 2.56. The Bertz CT molecular complexity index is 637. The zero-order valence-electron chi connectivity index (χ0n) is 12.9. The van der Waals surface area contributed by atoms with Gasteiger partial charge in [0.05, 0.1) is 12.7 Å². The summed E-state index contributed by atoms with van der Waals surface area (Å²) >= 11 is 0. The van der Waals surface area contributed by atoms with Crippen LogP contribution in [0, 0.1) is 20.8 Å². The molecule has 0 bridgehead atoms. The summed E-state index contributed by atoms with van der Waals surface area (Å²) in [5, 5.41) is 11.0. The van der Waals surface area contributed by atoms with E-state index in [4.69, 9.17) is 4.74 Å². The minimum Gasteiger partial charge on any atom is -0.493 e. The SMILES string of the molecule is Cc1cc(C)c(C(O)C2CCOc3ccccc32)c(C)c1. The number of fused-ring (bicyclic) bond motifs is 1. The number of aliphatic hydroxyl groups is 1. The number of aliphatic hydroxyl groups excluding tert-OH is 1. The Hall–Kier alpha value is -1.80. The van der Waals surface area contributed by atoms with Crippen LogP contribution >= 0.6 is 0 Å². The van der Waals surface area contributed by atoms with E-state index in [9.17, 15) is 5.11 Å². The first-order valence-electron chi connectivity index (χ1n) is 7.55. The Kier molecular flexibility index (Phi) is 3.73. The van der Waals surface area contributed by atoms with Gasteiger partial charge in [-0.1, -0.05) is 35.9 Å². The zero-order valence-corrected chi connectivity index (χ0v) is 12.9. The smallest absolute Gasteiger partial charge is 0.122 e. The van der Waals surface area contributed by atoms with E-state index in [1.807, 2.05) is 18.2 Å². The van der Waals surface area contributed by atoms with Gasteiger partial charge in [-0.3, -0.25) is 0 Å². The second kappa shape index (κ2) is 5.53. The van der Waals surface area contributed by atoms with Crippen molar-refractivity contribution in [1.82, 2.24) is 0 Å². The van der Waals surface area contributed by atoms with Crippen LogP contribution in [0.25, 0.3) is 0 Å². The van der Waals surface area contributed by atoms with Crippen molar-refractivity contribution in [3.05, 3.63) is 64.2 Å². The molecule has 0 aromatic heterocycles. The summed E-state index contributed by atoms with van der Waals surface area (Å²) < 4.78 is 5.71. The molecule has 2 unspecified atom stereocenters. The zero-order chi connectivity index (χ0) is 15.0. The fraction of sp³-hybridized carbons (Fsp3) is 0.368. The monoisotopic (exact) mass is 282 g/mol. The fourth-order valence-electron chi connectivity index (χ4n) is 3.56. The molecule has 1 heterocycles. The van der Waals surface area contributed by atoms with E-state index in [1.54, 1.807) is 0 Å². The molecule has 3 rings (SSSR count). The van der Waals surface area contributed by atoms with Crippen LogP contribution in [0.3, 0.4) is 0 Å². The molecule has 2 nitrogen and oxygen atoms in total. The molecule has 2 aromatic carbocycles. The molecule has 21 heavy (non-hydrogen) atoms. The predicted octanol–water partition coefficient (Wildman–Crippen LogP) is 4.21. The van der Waals surface area contributed by atoms with Gasteiger partial charge in [-0.15, -0.1) is 0 Å². The molecule has 0 spiro atoms. The highest BCUT2D eigenvalue weighted by Crippen LogP contribution is 2.42. The average molecular weight is 282 g/mol. The van der Waals surface area contributed by atoms with Crippen LogP contribution in [0.4, 0.5) is 0 Å². The van der Waals surface area contributed by atoms with Crippen LogP contribution in [0.2, 0.25) is 0 Å². The van der Waals surface area contributed by atoms with Crippen molar-refractivity contribution >= 4 is 0 Å². The molecule has 0 radical (unpaired) electrons. The topological polar surface area (TPSA) is 29.5 Å². The maximum Gasteiger partial charge on any atom is 0.122 e. The lowest BCUT2D eigenvalue weighted by atomic mass is 9.82. The largest absolute Gasteiger partial charge is 0.493 e. The van der Waals surface area contributed by atoms with Crippen molar-refractivity contribution in [2.75, 3.05) is 6.61 Å². The van der Waals surface area contributed by atoms with Crippen LogP contribution in [-0.4, -0.2) is 11.7 Å². The first kappa shape index (κ1) is 14.2. The van der Waals surface area contributed by atoms with Crippen LogP contribution in [-0.2, 0) is 0 Å². The van der Waals surface area contributed by atoms with Gasteiger partial charge in [0.2, 0.25) is 0 Å². The van der Waals surface area contributed by atoms with E-state index in [0.717, 1.165) is 23.3 Å². The number of aryl methyl sites for hydroxylation is 3. The fourth-order valence-corrected chi connectivity index (χ4v) is 3.56. The maximum atomic E-state index is 11.0. The quantitative estimate of drug-likeness (QED) is 0.894. The van der Waals surface area contributed by atoms with E-state index in [-0.39, 0.29) is 5.92 Å². The molecular formula is C19H22O2. The molecule has 0 fully saturated rings. The summed E-state index contributed by atoms with van der Waals surface area (Å²) in [4.78, 5) is 0. The molecule has 2 heteroatoms. The van der Waals surface area contributed by atoms with Gasteiger partial charge >= 0.3 is 0 Å². The van der Waals surface area contributed by atoms with Crippen molar-refractivity contribution in [1.29, 1.82) is 0 Å². The van der Waals surface area contributed by atoms with Gasteiger partial charge in [0, 0.05) is 11.5 Å². The van der Waals surface area contributed by atoms with Gasteiger partial charge in [-0.2, -0.15) is 0 Å². The lowest BCUT2D eigenvalue weighted by Gasteiger charge is -2.31. The van der Waals surface area contributed by atoms with Crippen molar-refractivity contribution in [3.8, 4) is 5.75 Å². The minimum absolute atomic E-state index is 0.107. The third-order valence-corrected chi connectivity index (χ3v) is 4.42. The minimum atomic E-state index is -0.476. The summed E-state index contributed by atoms with van der Waals surface area (Å²) in [5.74, 6) is 1.02. The lowest BCUT2D eigenvalue weighted by Crippen LogP contribution is -2.21. The van der Waals surface area contributed by atoms with E-state index in [1.165, 1.54) is 16.7 Å². The van der Waals surface area contributed by atoms with Gasteiger partial charge in [-0.05, 0) is 49.9 Å². The average Bonchev–Trinajstić information content (AvgIpc) is 2.45. The van der Waals surface area contributed by atoms with E-state index >= 15 is 0 Å². The Labute approximate surface area is 126 Å². The van der Waals surface area contributed by atoms with Crippen molar-refractivity contribution in [2.45, 2.75) is 39.2 Å². The van der Waals surface area contributed by atoms with E-state index in [2.05, 4.69) is 39.0 Å². The second-order valence-corrected chi connectivity index (χ2v) is 6.04. The molecule has 0 aliphatic carbocycles. The molecule has 2 atom stereocenters. The van der Waals surface area contributed by atoms with Gasteiger partial charge in [0.15, 0.2) is 0 Å². The van der Waals surface area contributed by atoms with Crippen LogP contribution < -0.4 is 4.74 Å². The van der Waals surface area contributed by atoms with Crippen LogP contribution in [0.1, 0.15) is 46.3 Å². The highest BCUT2D eigenvalue weighted by molar-refractivity contribution is 5.44. The summed E-state index contributed by atoms with van der Waals surface area (Å²) in [6.07, 6.45) is 0.376. The lowest BCUT2D eigenvalue weighted by molar-refractivity contribution is 0.116. The number of benzene rings is 2. The highest BCUT2D eigenvalue weighted by atomic mass is 16.5. The van der Waals surface area contributed by atoms with E-state index in [0.29, 0.717) is 6.61 Å². The highest BCUT2D eigenvalue weighted by Gasteiger charge is 2.30. The summed E-state index contributed by atoms with van der Waals surface area (Å²) in [7, 11) is 0. The van der Waals surface area contributed by atoms with Gasteiger partial charge in [-0.25, -0.2) is 0 Å². The van der Waals surface area contributed by atoms with E-state index < -0.39 is 6.10 Å². The number of rotatable bonds is 2. The van der Waals surface area contributed by atoms with Crippen molar-refractivity contribution in [3.63, 3.8) is 0 Å². The van der Waals surface area contributed by atoms with Gasteiger partial charge in [0.1, 0.15) is 5.75 Å². The first-order chi connectivity index (χ1) is 10.1. The molecule has 0 saturated heterocycles. The molecule has 110 valence electrons. The number of ether oxygens (including phenoxy) is 1. The second-order valence-electron chi connectivity index (χ2n) is 6.04. The number of para-hydroxylation sites is 1. The van der Waals surface area contributed by atoms with Crippen LogP contribution in [0.5, 0.6) is 5.75 Å². The van der Waals surface area contributed by atoms with Crippen LogP contribution in [0.15, 0.2) is 36.4 Å². The molecule has 1 aliphatic heterocycles. The van der Waals surface area contributed by atoms with Gasteiger partial charge < -0.3 is 9.84 Å². The third-order valence-electron chi connectivity index (χ3n) is 4.42. The normalized spacial score (nSPS) is 18.8. The molecule has 1 N–H and O–H groups in total. The Morgan fingerprint density at radius 3 is 2.48 bits per heavy atom. The van der Waals surface area contributed by atoms with Gasteiger partial charge in [0.25, 0.3) is 0 Å².